The van der Waals surface area contributed by atoms with Crippen molar-refractivity contribution in [2.24, 2.45) is 0 Å². The molecule has 15 heavy (non-hydrogen) atoms. The highest BCUT2D eigenvalue weighted by atomic mass is 16.1. The van der Waals surface area contributed by atoms with Crippen molar-refractivity contribution in [1.82, 2.24) is 5.32 Å². The number of rotatable bonds is 4. The zero-order chi connectivity index (χ0) is 11.1. The first-order valence-corrected chi connectivity index (χ1v) is 4.71. The minimum absolute atomic E-state index is 0.0586. The molecule has 0 aliphatic carbocycles. The van der Waals surface area contributed by atoms with Gasteiger partial charge in [-0.15, -0.1) is 0 Å². The molecule has 3 N–H and O–H groups in total. The Bertz CT molecular complexity index is 382. The maximum Gasteiger partial charge on any atom is 0.221 e. The lowest BCUT2D eigenvalue weighted by molar-refractivity contribution is -0.120. The van der Waals surface area contributed by atoms with Crippen LogP contribution in [0.2, 0.25) is 0 Å². The summed E-state index contributed by atoms with van der Waals surface area (Å²) in [4.78, 5) is 11.2. The predicted molar refractivity (Wildman–Crippen MR) is 57.8 cm³/mol. The fourth-order valence-electron chi connectivity index (χ4n) is 1.24. The highest BCUT2D eigenvalue weighted by Crippen LogP contribution is 2.12. The molecule has 0 heterocycles. The van der Waals surface area contributed by atoms with Crippen molar-refractivity contribution >= 4 is 11.6 Å². The summed E-state index contributed by atoms with van der Waals surface area (Å²) in [6.07, 6.45) is 0.958. The summed E-state index contributed by atoms with van der Waals surface area (Å²) in [6, 6.07) is 9.30. The van der Waals surface area contributed by atoms with Gasteiger partial charge in [0, 0.05) is 12.1 Å². The number of hydrogen-bond acceptors (Lipinski definition) is 3. The van der Waals surface area contributed by atoms with Crippen molar-refractivity contribution < 1.29 is 4.79 Å². The molecule has 0 spiro atoms. The summed E-state index contributed by atoms with van der Waals surface area (Å²) >= 11 is 0. The molecule has 4 heteroatoms. The normalized spacial score (nSPS) is 9.27. The van der Waals surface area contributed by atoms with E-state index in [4.69, 9.17) is 11.0 Å². The van der Waals surface area contributed by atoms with E-state index in [9.17, 15) is 4.79 Å². The number of aryl methyl sites for hydroxylation is 1. The van der Waals surface area contributed by atoms with Gasteiger partial charge in [-0.25, -0.2) is 0 Å². The third kappa shape index (κ3) is 3.69. The van der Waals surface area contributed by atoms with Gasteiger partial charge >= 0.3 is 0 Å². The van der Waals surface area contributed by atoms with Crippen LogP contribution in [0.3, 0.4) is 0 Å². The van der Waals surface area contributed by atoms with E-state index in [0.717, 1.165) is 5.56 Å². The van der Waals surface area contributed by atoms with Crippen molar-refractivity contribution in [3.8, 4) is 6.07 Å². The number of nitriles is 1. The molecule has 0 aromatic heterocycles. The van der Waals surface area contributed by atoms with E-state index in [1.165, 1.54) is 0 Å². The fraction of sp³-hybridized carbons (Fsp3) is 0.273. The molecule has 1 aromatic rings. The van der Waals surface area contributed by atoms with Crippen LogP contribution >= 0.6 is 0 Å². The number of nitrogens with one attached hydrogen (secondary N) is 1. The summed E-state index contributed by atoms with van der Waals surface area (Å²) in [5.74, 6) is -0.125. The molecule has 1 aromatic carbocycles. The maximum atomic E-state index is 11.2. The van der Waals surface area contributed by atoms with Gasteiger partial charge in [-0.2, -0.15) is 5.26 Å². The fourth-order valence-corrected chi connectivity index (χ4v) is 1.24. The summed E-state index contributed by atoms with van der Waals surface area (Å²) in [5.41, 5.74) is 7.39. The van der Waals surface area contributed by atoms with E-state index in [2.05, 4.69) is 5.32 Å². The Balaban J connectivity index is 2.41. The first kappa shape index (κ1) is 11.1. The van der Waals surface area contributed by atoms with Crippen molar-refractivity contribution in [3.05, 3.63) is 29.8 Å². The molecule has 0 radical (unpaired) electrons. The number of nitrogens with zero attached hydrogens (tertiary/aromatic N) is 1. The van der Waals surface area contributed by atoms with Crippen molar-refractivity contribution in [1.29, 1.82) is 5.26 Å². The van der Waals surface area contributed by atoms with Gasteiger partial charge in [-0.3, -0.25) is 4.79 Å². The Morgan fingerprint density at radius 3 is 2.87 bits per heavy atom. The Hall–Kier alpha value is -2.02. The number of carbonyl (C=O) groups excluding carboxylic acids is 1. The lowest BCUT2D eigenvalue weighted by Gasteiger charge is -2.04. The van der Waals surface area contributed by atoms with E-state index in [0.29, 0.717) is 18.5 Å². The smallest absolute Gasteiger partial charge is 0.221 e. The molecule has 4 nitrogen and oxygen atoms in total. The summed E-state index contributed by atoms with van der Waals surface area (Å²) in [7, 11) is 0. The number of benzene rings is 1. The molecule has 0 bridgehead atoms. The van der Waals surface area contributed by atoms with Crippen LogP contribution in [-0.4, -0.2) is 12.5 Å². The molecule has 0 saturated heterocycles. The molecule has 0 atom stereocenters. The average molecular weight is 203 g/mol. The van der Waals surface area contributed by atoms with Gasteiger partial charge in [-0.1, -0.05) is 18.2 Å². The van der Waals surface area contributed by atoms with Crippen LogP contribution in [0.15, 0.2) is 24.3 Å². The van der Waals surface area contributed by atoms with Gasteiger partial charge in [0.1, 0.15) is 6.54 Å². The highest BCUT2D eigenvalue weighted by Gasteiger charge is 2.03. The van der Waals surface area contributed by atoms with E-state index in [-0.39, 0.29) is 12.5 Å². The van der Waals surface area contributed by atoms with Gasteiger partial charge in [0.05, 0.1) is 6.07 Å². The number of nitrogens with two attached hydrogens (primary N) is 1. The van der Waals surface area contributed by atoms with Gasteiger partial charge in [0.25, 0.3) is 0 Å². The minimum Gasteiger partial charge on any atom is -0.399 e. The van der Waals surface area contributed by atoms with Gasteiger partial charge in [0.15, 0.2) is 0 Å². The second kappa shape index (κ2) is 5.66. The van der Waals surface area contributed by atoms with Crippen molar-refractivity contribution in [2.45, 2.75) is 12.8 Å². The summed E-state index contributed by atoms with van der Waals surface area (Å²) < 4.78 is 0. The quantitative estimate of drug-likeness (QED) is 0.562. The number of hydrogen-bond donors (Lipinski definition) is 2. The molecule has 1 amide bonds. The van der Waals surface area contributed by atoms with Crippen LogP contribution in [0, 0.1) is 11.3 Å². The van der Waals surface area contributed by atoms with E-state index in [1.54, 1.807) is 0 Å². The number of amides is 1. The second-order valence-electron chi connectivity index (χ2n) is 3.13. The Kier molecular flexibility index (Phi) is 4.17. The van der Waals surface area contributed by atoms with Crippen LogP contribution in [0.25, 0.3) is 0 Å². The van der Waals surface area contributed by atoms with Crippen molar-refractivity contribution in [3.63, 3.8) is 0 Å². The minimum atomic E-state index is -0.125. The Morgan fingerprint density at radius 1 is 1.47 bits per heavy atom. The number of carbonyl (C=O) groups is 1. The molecule has 0 unspecified atom stereocenters. The number of para-hydroxylation sites is 1. The zero-order valence-electron chi connectivity index (χ0n) is 8.36. The van der Waals surface area contributed by atoms with E-state index in [1.807, 2.05) is 30.3 Å². The van der Waals surface area contributed by atoms with E-state index >= 15 is 0 Å². The Morgan fingerprint density at radius 2 is 2.20 bits per heavy atom. The first-order chi connectivity index (χ1) is 7.24. The number of anilines is 1. The molecule has 0 saturated carbocycles. The van der Waals surface area contributed by atoms with Gasteiger partial charge in [0.2, 0.25) is 5.91 Å². The third-order valence-corrected chi connectivity index (χ3v) is 2.04. The number of nitrogen functional groups attached to an aromatic ring is 1. The van der Waals surface area contributed by atoms with Crippen LogP contribution in [-0.2, 0) is 11.2 Å². The van der Waals surface area contributed by atoms with Gasteiger partial charge in [-0.05, 0) is 18.1 Å². The molecule has 78 valence electrons. The topological polar surface area (TPSA) is 78.9 Å². The highest BCUT2D eigenvalue weighted by molar-refractivity contribution is 5.76. The maximum absolute atomic E-state index is 11.2. The second-order valence-corrected chi connectivity index (χ2v) is 3.13. The van der Waals surface area contributed by atoms with Crippen LogP contribution < -0.4 is 11.1 Å². The lowest BCUT2D eigenvalue weighted by atomic mass is 10.1. The van der Waals surface area contributed by atoms with E-state index < -0.39 is 0 Å². The molecule has 0 aliphatic heterocycles. The predicted octanol–water partition coefficient (Wildman–Crippen LogP) is 0.841. The SMILES string of the molecule is N#CCNC(=O)CCc1ccccc1N. The largest absolute Gasteiger partial charge is 0.399 e. The Labute approximate surface area is 88.7 Å². The molecule has 0 fully saturated rings. The summed E-state index contributed by atoms with van der Waals surface area (Å²) in [5, 5.41) is 10.7. The van der Waals surface area contributed by atoms with Crippen LogP contribution in [0.1, 0.15) is 12.0 Å². The monoisotopic (exact) mass is 203 g/mol. The zero-order valence-corrected chi connectivity index (χ0v) is 8.36. The third-order valence-electron chi connectivity index (χ3n) is 2.04. The standard InChI is InChI=1S/C11H13N3O/c12-7-8-14-11(15)6-5-9-3-1-2-4-10(9)13/h1-4H,5-6,8,13H2,(H,14,15). The first-order valence-electron chi connectivity index (χ1n) is 4.71. The van der Waals surface area contributed by atoms with Crippen LogP contribution in [0.4, 0.5) is 5.69 Å². The van der Waals surface area contributed by atoms with Gasteiger partial charge < -0.3 is 11.1 Å². The molecular formula is C11H13N3O. The molecule has 1 rings (SSSR count). The molecule has 0 aliphatic rings. The van der Waals surface area contributed by atoms with Crippen molar-refractivity contribution in [2.75, 3.05) is 12.3 Å². The average Bonchev–Trinajstić information content (AvgIpc) is 2.25. The summed E-state index contributed by atoms with van der Waals surface area (Å²) in [6.45, 7) is 0.0586. The van der Waals surface area contributed by atoms with Crippen LogP contribution in [0.5, 0.6) is 0 Å². The lowest BCUT2D eigenvalue weighted by Crippen LogP contribution is -2.23. The molecular weight excluding hydrogens is 190 g/mol.